The first-order chi connectivity index (χ1) is 14.9. The second-order valence-corrected chi connectivity index (χ2v) is 8.25. The minimum Gasteiger partial charge on any atom is -0.305 e. The summed E-state index contributed by atoms with van der Waals surface area (Å²) in [6.07, 6.45) is 0. The van der Waals surface area contributed by atoms with E-state index in [1.54, 1.807) is 0 Å². The van der Waals surface area contributed by atoms with Crippen LogP contribution in [0.5, 0.6) is 0 Å². The van der Waals surface area contributed by atoms with E-state index in [-0.39, 0.29) is 0 Å². The normalized spacial score (nSPS) is 12.7. The monoisotopic (exact) mass is 380 g/mol. The summed E-state index contributed by atoms with van der Waals surface area (Å²) in [6, 6.07) is 35.6. The molecule has 0 aliphatic carbocycles. The van der Waals surface area contributed by atoms with Gasteiger partial charge in [0, 0.05) is 21.5 Å². The number of hydrogen-bond donors (Lipinski definition) is 0. The molecule has 2 nitrogen and oxygen atoms in total. The summed E-state index contributed by atoms with van der Waals surface area (Å²) in [5.74, 6) is 0. The molecule has 8 rings (SSSR count). The van der Waals surface area contributed by atoms with Gasteiger partial charge in [-0.1, -0.05) is 66.7 Å². The van der Waals surface area contributed by atoms with E-state index in [2.05, 4.69) is 106 Å². The zero-order chi connectivity index (χ0) is 19.4. The van der Waals surface area contributed by atoms with Crippen molar-refractivity contribution in [2.45, 2.75) is 0 Å². The molecule has 0 saturated carbocycles. The lowest BCUT2D eigenvalue weighted by molar-refractivity contribution is 1.26. The van der Waals surface area contributed by atoms with Gasteiger partial charge >= 0.3 is 0 Å². The Morgan fingerprint density at radius 3 is 1.67 bits per heavy atom. The van der Waals surface area contributed by atoms with Crippen LogP contribution in [0.1, 0.15) is 0 Å². The number of nitrogens with zero attached hydrogens (tertiary/aromatic N) is 2. The molecule has 0 aliphatic rings. The molecule has 0 atom stereocenters. The molecule has 5 aromatic carbocycles. The van der Waals surface area contributed by atoms with Crippen molar-refractivity contribution in [2.75, 3.05) is 0 Å². The van der Waals surface area contributed by atoms with Crippen LogP contribution >= 0.6 is 0 Å². The van der Waals surface area contributed by atoms with Crippen LogP contribution in [0, 0.1) is 0 Å². The van der Waals surface area contributed by atoms with Crippen LogP contribution in [0.25, 0.3) is 65.4 Å². The Kier molecular flexibility index (Phi) is 2.44. The molecular weight excluding hydrogens is 364 g/mol. The summed E-state index contributed by atoms with van der Waals surface area (Å²) in [5.41, 5.74) is 7.66. The van der Waals surface area contributed by atoms with Crippen LogP contribution in [0.3, 0.4) is 0 Å². The molecule has 3 heterocycles. The Morgan fingerprint density at radius 1 is 0.367 bits per heavy atom. The Bertz CT molecular complexity index is 1950. The molecular formula is C28H16N2. The van der Waals surface area contributed by atoms with Crippen LogP contribution in [0.15, 0.2) is 97.1 Å². The van der Waals surface area contributed by atoms with E-state index >= 15 is 0 Å². The first-order valence-electron chi connectivity index (χ1n) is 10.4. The number of aromatic nitrogens is 2. The Hall–Kier alpha value is -4.04. The van der Waals surface area contributed by atoms with Gasteiger partial charge in [0.05, 0.1) is 33.1 Å². The molecule has 3 aromatic heterocycles. The molecule has 138 valence electrons. The van der Waals surface area contributed by atoms with Gasteiger partial charge in [-0.25, -0.2) is 0 Å². The molecule has 2 heteroatoms. The van der Waals surface area contributed by atoms with Crippen molar-refractivity contribution < 1.29 is 0 Å². The van der Waals surface area contributed by atoms with Gasteiger partial charge in [-0.05, 0) is 41.1 Å². The summed E-state index contributed by atoms with van der Waals surface area (Å²) in [5, 5.41) is 7.83. The van der Waals surface area contributed by atoms with Crippen molar-refractivity contribution in [2.24, 2.45) is 0 Å². The van der Waals surface area contributed by atoms with Crippen LogP contribution in [-0.4, -0.2) is 8.80 Å². The Morgan fingerprint density at radius 2 is 0.900 bits per heavy atom. The summed E-state index contributed by atoms with van der Waals surface area (Å²) in [6.45, 7) is 0. The van der Waals surface area contributed by atoms with Gasteiger partial charge in [0.1, 0.15) is 0 Å². The van der Waals surface area contributed by atoms with Gasteiger partial charge in [0.15, 0.2) is 0 Å². The zero-order valence-electron chi connectivity index (χ0n) is 16.1. The predicted octanol–water partition coefficient (Wildman–Crippen LogP) is 7.40. The number of fused-ring (bicyclic) bond motifs is 9. The Labute approximate surface area is 171 Å². The molecule has 0 fully saturated rings. The van der Waals surface area contributed by atoms with Crippen molar-refractivity contribution in [1.29, 1.82) is 0 Å². The van der Waals surface area contributed by atoms with E-state index < -0.39 is 0 Å². The molecule has 0 unspecified atom stereocenters. The number of para-hydroxylation sites is 3. The van der Waals surface area contributed by atoms with Crippen molar-refractivity contribution in [3.63, 3.8) is 0 Å². The van der Waals surface area contributed by atoms with E-state index in [1.807, 2.05) is 0 Å². The molecule has 0 aliphatic heterocycles. The molecule has 0 amide bonds. The molecule has 0 saturated heterocycles. The fourth-order valence-electron chi connectivity index (χ4n) is 5.59. The van der Waals surface area contributed by atoms with Gasteiger partial charge < -0.3 is 8.80 Å². The maximum Gasteiger partial charge on any atom is 0.0783 e. The minimum absolute atomic E-state index is 1.26. The topological polar surface area (TPSA) is 8.82 Å². The predicted molar refractivity (Wildman–Crippen MR) is 127 cm³/mol. The summed E-state index contributed by atoms with van der Waals surface area (Å²) in [7, 11) is 0. The molecule has 0 N–H and O–H groups in total. The van der Waals surface area contributed by atoms with Gasteiger partial charge in [-0.15, -0.1) is 0 Å². The quantitative estimate of drug-likeness (QED) is 0.242. The van der Waals surface area contributed by atoms with Crippen molar-refractivity contribution in [3.8, 4) is 0 Å². The average Bonchev–Trinajstić information content (AvgIpc) is 3.31. The van der Waals surface area contributed by atoms with E-state index in [9.17, 15) is 0 Å². The second kappa shape index (κ2) is 4.92. The second-order valence-electron chi connectivity index (χ2n) is 8.25. The van der Waals surface area contributed by atoms with Gasteiger partial charge in [-0.2, -0.15) is 0 Å². The zero-order valence-corrected chi connectivity index (χ0v) is 16.1. The minimum atomic E-state index is 1.26. The number of hydrogen-bond acceptors (Lipinski definition) is 0. The third-order valence-electron chi connectivity index (χ3n) is 6.79. The standard InChI is InChI=1S/C28H16N2/c1-2-8-18-16-26-22(15-17(18)7-1)21-11-6-13-24-28(21)30(26)25-14-5-10-20-19-9-3-4-12-23(19)29(24)27(20)25/h1-16H. The summed E-state index contributed by atoms with van der Waals surface area (Å²) < 4.78 is 4.94. The molecule has 30 heavy (non-hydrogen) atoms. The number of rotatable bonds is 0. The fraction of sp³-hybridized carbons (Fsp3) is 0. The number of benzene rings is 5. The first kappa shape index (κ1) is 14.9. The van der Waals surface area contributed by atoms with Crippen LogP contribution in [0.4, 0.5) is 0 Å². The van der Waals surface area contributed by atoms with E-state index in [1.165, 1.54) is 65.4 Å². The lowest BCUT2D eigenvalue weighted by Crippen LogP contribution is -1.96. The highest BCUT2D eigenvalue weighted by Gasteiger charge is 2.20. The summed E-state index contributed by atoms with van der Waals surface area (Å²) in [4.78, 5) is 0. The largest absolute Gasteiger partial charge is 0.305 e. The molecule has 0 radical (unpaired) electrons. The average molecular weight is 380 g/mol. The van der Waals surface area contributed by atoms with Crippen LogP contribution in [-0.2, 0) is 0 Å². The van der Waals surface area contributed by atoms with E-state index in [0.717, 1.165) is 0 Å². The molecule has 0 bridgehead atoms. The maximum atomic E-state index is 2.48. The van der Waals surface area contributed by atoms with Crippen molar-refractivity contribution in [3.05, 3.63) is 97.1 Å². The highest BCUT2D eigenvalue weighted by molar-refractivity contribution is 6.22. The summed E-state index contributed by atoms with van der Waals surface area (Å²) >= 11 is 0. The molecule has 8 aromatic rings. The van der Waals surface area contributed by atoms with Gasteiger partial charge in [0.25, 0.3) is 0 Å². The van der Waals surface area contributed by atoms with Crippen LogP contribution < -0.4 is 0 Å². The third kappa shape index (κ3) is 1.56. The fourth-order valence-corrected chi connectivity index (χ4v) is 5.59. The lowest BCUT2D eigenvalue weighted by Gasteiger charge is -2.11. The van der Waals surface area contributed by atoms with Crippen LogP contribution in [0.2, 0.25) is 0 Å². The van der Waals surface area contributed by atoms with Gasteiger partial charge in [-0.3, -0.25) is 0 Å². The first-order valence-corrected chi connectivity index (χ1v) is 10.4. The van der Waals surface area contributed by atoms with Gasteiger partial charge in [0.2, 0.25) is 0 Å². The molecule has 0 spiro atoms. The Balaban J connectivity index is 1.81. The SMILES string of the molecule is c1ccc2cc3c(cc2c1)c1cccc2c1n3c1cccc3c4ccccc4n2c31. The highest BCUT2D eigenvalue weighted by atomic mass is 15.0. The third-order valence-corrected chi connectivity index (χ3v) is 6.79. The highest BCUT2D eigenvalue weighted by Crippen LogP contribution is 2.41. The van der Waals surface area contributed by atoms with E-state index in [4.69, 9.17) is 0 Å². The lowest BCUT2D eigenvalue weighted by atomic mass is 10.1. The smallest absolute Gasteiger partial charge is 0.0783 e. The van der Waals surface area contributed by atoms with E-state index in [0.29, 0.717) is 0 Å². The van der Waals surface area contributed by atoms with Crippen molar-refractivity contribution in [1.82, 2.24) is 8.80 Å². The van der Waals surface area contributed by atoms with Crippen molar-refractivity contribution >= 4 is 65.4 Å². The maximum absolute atomic E-state index is 2.48.